The van der Waals surface area contributed by atoms with Crippen LogP contribution in [0.5, 0.6) is 0 Å². The number of aryl methyl sites for hydroxylation is 2. The fraction of sp³-hybridized carbons (Fsp3) is 0.333. The third-order valence-electron chi connectivity index (χ3n) is 3.40. The fourth-order valence-corrected chi connectivity index (χ4v) is 2.45. The highest BCUT2D eigenvalue weighted by molar-refractivity contribution is 5.88. The summed E-state index contributed by atoms with van der Waals surface area (Å²) in [5, 5.41) is 13.3. The van der Waals surface area contributed by atoms with Gasteiger partial charge in [-0.1, -0.05) is 19.9 Å². The van der Waals surface area contributed by atoms with E-state index in [4.69, 9.17) is 5.11 Å². The summed E-state index contributed by atoms with van der Waals surface area (Å²) in [6.07, 6.45) is 1.52. The second-order valence-corrected chi connectivity index (χ2v) is 4.60. The molecular weight excluding hydrogens is 259 g/mol. The predicted molar refractivity (Wildman–Crippen MR) is 74.3 cm³/mol. The van der Waals surface area contributed by atoms with E-state index < -0.39 is 11.8 Å². The number of carbonyl (C=O) groups is 1. The molecule has 20 heavy (non-hydrogen) atoms. The van der Waals surface area contributed by atoms with Crippen molar-refractivity contribution in [2.45, 2.75) is 26.7 Å². The van der Waals surface area contributed by atoms with Crippen LogP contribution in [0.15, 0.2) is 18.2 Å². The summed E-state index contributed by atoms with van der Waals surface area (Å²) in [6, 6.07) is 4.22. The molecule has 0 aliphatic rings. The van der Waals surface area contributed by atoms with Crippen molar-refractivity contribution in [3.05, 3.63) is 41.0 Å². The molecule has 4 nitrogen and oxygen atoms in total. The number of benzene rings is 1. The minimum absolute atomic E-state index is 0.311. The highest BCUT2D eigenvalue weighted by atomic mass is 19.1. The molecule has 0 aliphatic heterocycles. The van der Waals surface area contributed by atoms with Crippen LogP contribution in [0.3, 0.4) is 0 Å². The molecule has 1 heterocycles. The SMILES string of the molecule is CCc1nn(C)c(CC)c1-c1ccc(C(=O)O)c(F)c1. The molecule has 1 aromatic heterocycles. The van der Waals surface area contributed by atoms with Crippen LogP contribution in [0, 0.1) is 5.82 Å². The smallest absolute Gasteiger partial charge is 0.338 e. The van der Waals surface area contributed by atoms with Crippen LogP contribution >= 0.6 is 0 Å². The van der Waals surface area contributed by atoms with Crippen LogP contribution in [-0.2, 0) is 19.9 Å². The van der Waals surface area contributed by atoms with Gasteiger partial charge >= 0.3 is 5.97 Å². The number of rotatable bonds is 4. The van der Waals surface area contributed by atoms with Gasteiger partial charge in [-0.05, 0) is 30.5 Å². The summed E-state index contributed by atoms with van der Waals surface area (Å²) >= 11 is 0. The van der Waals surface area contributed by atoms with Gasteiger partial charge < -0.3 is 5.11 Å². The van der Waals surface area contributed by atoms with Gasteiger partial charge in [0.1, 0.15) is 5.82 Å². The van der Waals surface area contributed by atoms with Crippen molar-refractivity contribution in [3.63, 3.8) is 0 Å². The molecule has 0 atom stereocenters. The quantitative estimate of drug-likeness (QED) is 0.933. The lowest BCUT2D eigenvalue weighted by molar-refractivity contribution is 0.0692. The summed E-state index contributed by atoms with van der Waals surface area (Å²) in [7, 11) is 1.86. The van der Waals surface area contributed by atoms with E-state index in [0.717, 1.165) is 29.8 Å². The van der Waals surface area contributed by atoms with E-state index in [9.17, 15) is 9.18 Å². The lowest BCUT2D eigenvalue weighted by atomic mass is 9.99. The molecule has 0 saturated carbocycles. The third kappa shape index (κ3) is 2.31. The Kier molecular flexibility index (Phi) is 3.88. The van der Waals surface area contributed by atoms with Crippen molar-refractivity contribution in [3.8, 4) is 11.1 Å². The zero-order chi connectivity index (χ0) is 14.9. The summed E-state index contributed by atoms with van der Waals surface area (Å²) in [6.45, 7) is 4.01. The van der Waals surface area contributed by atoms with Crippen molar-refractivity contribution in [1.29, 1.82) is 0 Å². The minimum atomic E-state index is -1.26. The van der Waals surface area contributed by atoms with Gasteiger partial charge in [0.15, 0.2) is 0 Å². The van der Waals surface area contributed by atoms with Gasteiger partial charge in [0, 0.05) is 18.3 Å². The molecule has 0 saturated heterocycles. The molecule has 1 aromatic carbocycles. The first-order valence-electron chi connectivity index (χ1n) is 6.57. The Bertz CT molecular complexity index is 662. The first-order chi connectivity index (χ1) is 9.49. The van der Waals surface area contributed by atoms with Crippen LogP contribution in [0.4, 0.5) is 4.39 Å². The zero-order valence-corrected chi connectivity index (χ0v) is 11.8. The predicted octanol–water partition coefficient (Wildman–Crippen LogP) is 3.05. The molecule has 0 radical (unpaired) electrons. The van der Waals surface area contributed by atoms with E-state index in [1.165, 1.54) is 12.1 Å². The number of hydrogen-bond donors (Lipinski definition) is 1. The molecule has 2 aromatic rings. The third-order valence-corrected chi connectivity index (χ3v) is 3.40. The van der Waals surface area contributed by atoms with E-state index >= 15 is 0 Å². The number of nitrogens with zero attached hydrogens (tertiary/aromatic N) is 2. The Morgan fingerprint density at radius 2 is 2.05 bits per heavy atom. The second kappa shape index (κ2) is 5.45. The van der Waals surface area contributed by atoms with Crippen molar-refractivity contribution in [1.82, 2.24) is 9.78 Å². The molecule has 0 unspecified atom stereocenters. The maximum absolute atomic E-state index is 13.9. The van der Waals surface area contributed by atoms with Crippen molar-refractivity contribution in [2.75, 3.05) is 0 Å². The largest absolute Gasteiger partial charge is 0.478 e. The zero-order valence-electron chi connectivity index (χ0n) is 11.8. The lowest BCUT2D eigenvalue weighted by Crippen LogP contribution is -2.01. The van der Waals surface area contributed by atoms with Gasteiger partial charge in [0.25, 0.3) is 0 Å². The van der Waals surface area contributed by atoms with Gasteiger partial charge in [-0.25, -0.2) is 9.18 Å². The van der Waals surface area contributed by atoms with Gasteiger partial charge in [0.05, 0.1) is 11.3 Å². The number of hydrogen-bond acceptors (Lipinski definition) is 2. The Balaban J connectivity index is 2.62. The van der Waals surface area contributed by atoms with Gasteiger partial charge in [-0.2, -0.15) is 5.10 Å². The van der Waals surface area contributed by atoms with Crippen LogP contribution in [0.25, 0.3) is 11.1 Å². The van der Waals surface area contributed by atoms with Gasteiger partial charge in [-0.3, -0.25) is 4.68 Å². The van der Waals surface area contributed by atoms with Crippen LogP contribution in [0.1, 0.15) is 35.6 Å². The summed E-state index contributed by atoms with van der Waals surface area (Å²) in [5.74, 6) is -1.98. The summed E-state index contributed by atoms with van der Waals surface area (Å²) in [4.78, 5) is 10.9. The van der Waals surface area contributed by atoms with Crippen molar-refractivity contribution < 1.29 is 14.3 Å². The van der Waals surface area contributed by atoms with Crippen LogP contribution in [0.2, 0.25) is 0 Å². The molecule has 0 fully saturated rings. The van der Waals surface area contributed by atoms with Gasteiger partial charge in [-0.15, -0.1) is 0 Å². The number of carboxylic acids is 1. The highest BCUT2D eigenvalue weighted by Crippen LogP contribution is 2.29. The molecule has 0 bridgehead atoms. The molecule has 5 heteroatoms. The van der Waals surface area contributed by atoms with E-state index in [1.807, 2.05) is 20.9 Å². The van der Waals surface area contributed by atoms with Crippen LogP contribution in [-0.4, -0.2) is 20.9 Å². The Morgan fingerprint density at radius 1 is 1.35 bits per heavy atom. The van der Waals surface area contributed by atoms with Crippen molar-refractivity contribution >= 4 is 5.97 Å². The van der Waals surface area contributed by atoms with E-state index in [2.05, 4.69) is 5.10 Å². The first kappa shape index (κ1) is 14.2. The van der Waals surface area contributed by atoms with Gasteiger partial charge in [0.2, 0.25) is 0 Å². The number of halogens is 1. The fourth-order valence-electron chi connectivity index (χ4n) is 2.45. The highest BCUT2D eigenvalue weighted by Gasteiger charge is 2.18. The number of aromatic carboxylic acids is 1. The maximum atomic E-state index is 13.9. The Hall–Kier alpha value is -2.17. The van der Waals surface area contributed by atoms with Crippen LogP contribution < -0.4 is 0 Å². The standard InChI is InChI=1S/C15H17FN2O2/c1-4-12-14(13(5-2)18(3)17-12)9-6-7-10(15(19)20)11(16)8-9/h6-8H,4-5H2,1-3H3,(H,19,20). The molecular formula is C15H17FN2O2. The van der Waals surface area contributed by atoms with E-state index in [0.29, 0.717) is 5.56 Å². The Labute approximate surface area is 116 Å². The molecule has 1 N–H and O–H groups in total. The van der Waals surface area contributed by atoms with E-state index in [-0.39, 0.29) is 5.56 Å². The molecule has 106 valence electrons. The molecule has 0 amide bonds. The maximum Gasteiger partial charge on any atom is 0.338 e. The molecule has 0 spiro atoms. The first-order valence-corrected chi connectivity index (χ1v) is 6.57. The summed E-state index contributed by atoms with van der Waals surface area (Å²) < 4.78 is 15.7. The number of carboxylic acid groups (broad SMARTS) is 1. The average molecular weight is 276 g/mol. The molecule has 0 aliphatic carbocycles. The lowest BCUT2D eigenvalue weighted by Gasteiger charge is -2.07. The summed E-state index contributed by atoms with van der Waals surface area (Å²) in [5.41, 5.74) is 3.19. The average Bonchev–Trinajstić information content (AvgIpc) is 2.74. The van der Waals surface area contributed by atoms with Crippen molar-refractivity contribution in [2.24, 2.45) is 7.05 Å². The van der Waals surface area contributed by atoms with E-state index in [1.54, 1.807) is 10.7 Å². The monoisotopic (exact) mass is 276 g/mol. The topological polar surface area (TPSA) is 55.1 Å². The number of aromatic nitrogens is 2. The molecule has 2 rings (SSSR count). The minimum Gasteiger partial charge on any atom is -0.478 e. The normalized spacial score (nSPS) is 10.8. The Morgan fingerprint density at radius 3 is 2.55 bits per heavy atom. The second-order valence-electron chi connectivity index (χ2n) is 4.60.